The zero-order chi connectivity index (χ0) is 12.1. The van der Waals surface area contributed by atoms with Crippen molar-refractivity contribution in [2.45, 2.75) is 13.0 Å². The molecule has 1 atom stereocenters. The molecule has 1 rings (SSSR count). The van der Waals surface area contributed by atoms with Crippen molar-refractivity contribution in [1.82, 2.24) is 5.43 Å². The van der Waals surface area contributed by atoms with Crippen molar-refractivity contribution in [2.24, 2.45) is 5.10 Å². The standard InChI is InChI=1S/C8H9N3O5/c1-5(12)8(13)10-9-4-6-2-3-7(16-6)11(14)15/h2-5,12H,1H3,(H,10,13)/b9-4-. The van der Waals surface area contributed by atoms with Gasteiger partial charge in [0.2, 0.25) is 0 Å². The maximum Gasteiger partial charge on any atom is 0.433 e. The number of aliphatic hydroxyl groups is 1. The Morgan fingerprint density at radius 1 is 1.75 bits per heavy atom. The summed E-state index contributed by atoms with van der Waals surface area (Å²) in [4.78, 5) is 20.4. The Balaban J connectivity index is 2.56. The lowest BCUT2D eigenvalue weighted by atomic mass is 10.4. The minimum atomic E-state index is -1.18. The first-order valence-electron chi connectivity index (χ1n) is 4.26. The SMILES string of the molecule is CC(O)C(=O)N/N=C\c1ccc([N+](=O)[O-])o1. The molecular weight excluding hydrogens is 218 g/mol. The molecule has 0 saturated carbocycles. The van der Waals surface area contributed by atoms with E-state index in [1.165, 1.54) is 13.0 Å². The molecule has 1 unspecified atom stereocenters. The number of hydrogen-bond acceptors (Lipinski definition) is 6. The van der Waals surface area contributed by atoms with E-state index < -0.39 is 22.8 Å². The summed E-state index contributed by atoms with van der Waals surface area (Å²) in [5.41, 5.74) is 2.02. The zero-order valence-corrected chi connectivity index (χ0v) is 8.28. The number of nitrogens with one attached hydrogen (secondary N) is 1. The molecule has 0 radical (unpaired) electrons. The minimum Gasteiger partial charge on any atom is -0.400 e. The molecule has 2 N–H and O–H groups in total. The summed E-state index contributed by atoms with van der Waals surface area (Å²) in [6.45, 7) is 1.28. The molecular formula is C8H9N3O5. The molecule has 0 aliphatic rings. The van der Waals surface area contributed by atoms with Gasteiger partial charge in [-0.1, -0.05) is 0 Å². The van der Waals surface area contributed by atoms with Gasteiger partial charge in [0.15, 0.2) is 5.76 Å². The van der Waals surface area contributed by atoms with Crippen molar-refractivity contribution in [3.63, 3.8) is 0 Å². The minimum absolute atomic E-state index is 0.123. The number of hydrogen-bond donors (Lipinski definition) is 2. The maximum absolute atomic E-state index is 10.8. The molecule has 8 heteroatoms. The molecule has 0 saturated heterocycles. The smallest absolute Gasteiger partial charge is 0.400 e. The molecule has 1 amide bonds. The molecule has 0 fully saturated rings. The number of carbonyl (C=O) groups is 1. The van der Waals surface area contributed by atoms with E-state index in [0.29, 0.717) is 0 Å². The molecule has 1 aromatic rings. The Labute approximate surface area is 89.7 Å². The van der Waals surface area contributed by atoms with Crippen LogP contribution in [0.25, 0.3) is 0 Å². The van der Waals surface area contributed by atoms with Crippen LogP contribution in [0.2, 0.25) is 0 Å². The van der Waals surface area contributed by atoms with Crippen LogP contribution in [0.1, 0.15) is 12.7 Å². The third-order valence-corrected chi connectivity index (χ3v) is 1.54. The number of rotatable bonds is 4. The van der Waals surface area contributed by atoms with Crippen LogP contribution >= 0.6 is 0 Å². The lowest BCUT2D eigenvalue weighted by molar-refractivity contribution is -0.402. The Morgan fingerprint density at radius 2 is 2.44 bits per heavy atom. The second kappa shape index (κ2) is 5.03. The monoisotopic (exact) mass is 227 g/mol. The van der Waals surface area contributed by atoms with Crippen molar-refractivity contribution in [3.8, 4) is 0 Å². The number of furan rings is 1. The third-order valence-electron chi connectivity index (χ3n) is 1.54. The average Bonchev–Trinajstić information content (AvgIpc) is 2.66. The highest BCUT2D eigenvalue weighted by atomic mass is 16.6. The van der Waals surface area contributed by atoms with Gasteiger partial charge in [-0.25, -0.2) is 5.43 Å². The van der Waals surface area contributed by atoms with E-state index in [1.54, 1.807) is 0 Å². The molecule has 1 heterocycles. The molecule has 0 aliphatic heterocycles. The number of hydrazone groups is 1. The van der Waals surface area contributed by atoms with Crippen LogP contribution in [0.5, 0.6) is 0 Å². The van der Waals surface area contributed by atoms with Gasteiger partial charge >= 0.3 is 5.88 Å². The quantitative estimate of drug-likeness (QED) is 0.427. The van der Waals surface area contributed by atoms with Crippen LogP contribution in [-0.4, -0.2) is 28.3 Å². The van der Waals surface area contributed by atoms with Crippen molar-refractivity contribution < 1.29 is 19.2 Å². The summed E-state index contributed by atoms with van der Waals surface area (Å²) in [5, 5.41) is 22.5. The van der Waals surface area contributed by atoms with Gasteiger partial charge in [-0.15, -0.1) is 0 Å². The third kappa shape index (κ3) is 3.17. The second-order valence-electron chi connectivity index (χ2n) is 2.84. The van der Waals surface area contributed by atoms with Gasteiger partial charge in [0.05, 0.1) is 12.3 Å². The number of carbonyl (C=O) groups excluding carboxylic acids is 1. The highest BCUT2D eigenvalue weighted by molar-refractivity contribution is 5.82. The van der Waals surface area contributed by atoms with Gasteiger partial charge in [-0.3, -0.25) is 14.9 Å². The summed E-state index contributed by atoms with van der Waals surface area (Å²) in [6, 6.07) is 2.49. The van der Waals surface area contributed by atoms with Gasteiger partial charge in [-0.05, 0) is 13.0 Å². The Morgan fingerprint density at radius 3 is 2.94 bits per heavy atom. The highest BCUT2D eigenvalue weighted by Crippen LogP contribution is 2.13. The molecule has 0 bridgehead atoms. The van der Waals surface area contributed by atoms with E-state index in [2.05, 4.69) is 5.10 Å². The molecule has 86 valence electrons. The predicted molar refractivity (Wildman–Crippen MR) is 52.8 cm³/mol. The lowest BCUT2D eigenvalue weighted by Gasteiger charge is -1.99. The summed E-state index contributed by atoms with van der Waals surface area (Å²) in [7, 11) is 0. The van der Waals surface area contributed by atoms with E-state index >= 15 is 0 Å². The topological polar surface area (TPSA) is 118 Å². The van der Waals surface area contributed by atoms with Crippen molar-refractivity contribution >= 4 is 18.0 Å². The van der Waals surface area contributed by atoms with Gasteiger partial charge in [0.25, 0.3) is 5.91 Å². The average molecular weight is 227 g/mol. The fraction of sp³-hybridized carbons (Fsp3) is 0.250. The molecule has 8 nitrogen and oxygen atoms in total. The Bertz CT molecular complexity index is 423. The Kier molecular flexibility index (Phi) is 3.72. The first-order valence-corrected chi connectivity index (χ1v) is 4.26. The van der Waals surface area contributed by atoms with Crippen molar-refractivity contribution in [3.05, 3.63) is 28.0 Å². The van der Waals surface area contributed by atoms with Gasteiger partial charge in [-0.2, -0.15) is 5.10 Å². The fourth-order valence-electron chi connectivity index (χ4n) is 0.763. The largest absolute Gasteiger partial charge is 0.433 e. The van der Waals surface area contributed by atoms with E-state index in [-0.39, 0.29) is 5.76 Å². The number of nitrogens with zero attached hydrogens (tertiary/aromatic N) is 2. The van der Waals surface area contributed by atoms with Crippen LogP contribution in [0.4, 0.5) is 5.88 Å². The molecule has 1 aromatic heterocycles. The van der Waals surface area contributed by atoms with Gasteiger partial charge in [0, 0.05) is 0 Å². The molecule has 16 heavy (non-hydrogen) atoms. The molecule has 0 aliphatic carbocycles. The summed E-state index contributed by atoms with van der Waals surface area (Å²) in [5.74, 6) is -0.974. The van der Waals surface area contributed by atoms with Gasteiger partial charge < -0.3 is 9.52 Å². The van der Waals surface area contributed by atoms with E-state index in [1.807, 2.05) is 5.43 Å². The second-order valence-corrected chi connectivity index (χ2v) is 2.84. The maximum atomic E-state index is 10.8. The van der Waals surface area contributed by atoms with Crippen molar-refractivity contribution in [1.29, 1.82) is 0 Å². The van der Waals surface area contributed by atoms with Crippen LogP contribution in [0.3, 0.4) is 0 Å². The van der Waals surface area contributed by atoms with Crippen LogP contribution in [0, 0.1) is 10.1 Å². The highest BCUT2D eigenvalue weighted by Gasteiger charge is 2.10. The van der Waals surface area contributed by atoms with Crippen LogP contribution in [0.15, 0.2) is 21.7 Å². The number of amides is 1. The summed E-state index contributed by atoms with van der Waals surface area (Å²) < 4.78 is 4.73. The predicted octanol–water partition coefficient (Wildman–Crippen LogP) is 0.0187. The van der Waals surface area contributed by atoms with E-state index in [9.17, 15) is 14.9 Å². The molecule has 0 spiro atoms. The summed E-state index contributed by atoms with van der Waals surface area (Å²) >= 11 is 0. The Hall–Kier alpha value is -2.22. The van der Waals surface area contributed by atoms with Gasteiger partial charge in [0.1, 0.15) is 11.0 Å². The first kappa shape index (κ1) is 11.9. The van der Waals surface area contributed by atoms with E-state index in [0.717, 1.165) is 12.3 Å². The van der Waals surface area contributed by atoms with Crippen LogP contribution in [-0.2, 0) is 4.79 Å². The summed E-state index contributed by atoms with van der Waals surface area (Å²) in [6.07, 6.45) is -0.0871. The normalized spacial score (nSPS) is 12.6. The number of aliphatic hydroxyl groups excluding tert-OH is 1. The number of nitro groups is 1. The zero-order valence-electron chi connectivity index (χ0n) is 8.28. The molecule has 0 aromatic carbocycles. The lowest BCUT2D eigenvalue weighted by Crippen LogP contribution is -2.28. The van der Waals surface area contributed by atoms with Crippen LogP contribution < -0.4 is 5.43 Å². The van der Waals surface area contributed by atoms with E-state index in [4.69, 9.17) is 9.52 Å². The fourth-order valence-corrected chi connectivity index (χ4v) is 0.763. The first-order chi connectivity index (χ1) is 7.50. The van der Waals surface area contributed by atoms with Crippen molar-refractivity contribution in [2.75, 3.05) is 0 Å².